The number of halogens is 1. The molecule has 0 aliphatic carbocycles. The molecule has 23 heavy (non-hydrogen) atoms. The largest absolute Gasteiger partial charge is 0.298 e. The van der Waals surface area contributed by atoms with Crippen molar-refractivity contribution in [2.75, 3.05) is 0 Å². The normalized spacial score (nSPS) is 10.3. The van der Waals surface area contributed by atoms with Crippen LogP contribution in [0.5, 0.6) is 0 Å². The Morgan fingerprint density at radius 1 is 0.783 bits per heavy atom. The molecule has 0 saturated carbocycles. The van der Waals surface area contributed by atoms with Gasteiger partial charge in [0.2, 0.25) is 0 Å². The average Bonchev–Trinajstić information content (AvgIpc) is 2.61. The Kier molecular flexibility index (Phi) is 4.11. The molecule has 0 unspecified atom stereocenters. The standard InChI is InChI=1S/C20H13FO2/c21-19-12-6-11-16(18(19)13-22)15-9-4-5-10-17(15)20(23)14-7-2-1-3-8-14/h1-13H. The first-order valence-corrected chi connectivity index (χ1v) is 7.15. The number of carbonyl (C=O) groups excluding carboxylic acids is 2. The van der Waals surface area contributed by atoms with Gasteiger partial charge in [0, 0.05) is 11.1 Å². The molecule has 3 heteroatoms. The van der Waals surface area contributed by atoms with E-state index in [4.69, 9.17) is 0 Å². The number of carbonyl (C=O) groups is 2. The Morgan fingerprint density at radius 2 is 1.43 bits per heavy atom. The molecule has 0 atom stereocenters. The Hall–Kier alpha value is -3.07. The molecule has 0 heterocycles. The third-order valence-corrected chi connectivity index (χ3v) is 3.67. The fraction of sp³-hybridized carbons (Fsp3) is 0. The molecule has 0 saturated heterocycles. The Labute approximate surface area is 133 Å². The van der Waals surface area contributed by atoms with Crippen molar-refractivity contribution in [1.82, 2.24) is 0 Å². The van der Waals surface area contributed by atoms with Gasteiger partial charge in [0.05, 0.1) is 5.56 Å². The van der Waals surface area contributed by atoms with E-state index in [1.807, 2.05) is 6.07 Å². The summed E-state index contributed by atoms with van der Waals surface area (Å²) in [5.74, 6) is -0.762. The van der Waals surface area contributed by atoms with Gasteiger partial charge in [-0.05, 0) is 17.2 Å². The molecule has 0 amide bonds. The van der Waals surface area contributed by atoms with Gasteiger partial charge in [-0.25, -0.2) is 4.39 Å². The van der Waals surface area contributed by atoms with Crippen molar-refractivity contribution >= 4 is 12.1 Å². The van der Waals surface area contributed by atoms with Gasteiger partial charge in [0.1, 0.15) is 5.82 Å². The van der Waals surface area contributed by atoms with E-state index in [-0.39, 0.29) is 11.3 Å². The van der Waals surface area contributed by atoms with E-state index in [9.17, 15) is 14.0 Å². The minimum atomic E-state index is -0.598. The molecule has 0 aliphatic heterocycles. The molecule has 0 fully saturated rings. The number of hydrogen-bond donors (Lipinski definition) is 0. The van der Waals surface area contributed by atoms with Crippen LogP contribution >= 0.6 is 0 Å². The van der Waals surface area contributed by atoms with E-state index in [1.165, 1.54) is 12.1 Å². The molecule has 3 aromatic rings. The molecule has 0 aromatic heterocycles. The second-order valence-corrected chi connectivity index (χ2v) is 5.06. The van der Waals surface area contributed by atoms with Crippen LogP contribution in [-0.2, 0) is 0 Å². The second-order valence-electron chi connectivity index (χ2n) is 5.06. The Morgan fingerprint density at radius 3 is 2.17 bits per heavy atom. The molecular formula is C20H13FO2. The van der Waals surface area contributed by atoms with Crippen LogP contribution in [0.4, 0.5) is 4.39 Å². The molecule has 3 aromatic carbocycles. The Balaban J connectivity index is 2.18. The van der Waals surface area contributed by atoms with Crippen LogP contribution in [0.1, 0.15) is 26.3 Å². The number of ketones is 1. The van der Waals surface area contributed by atoms with Gasteiger partial charge >= 0.3 is 0 Å². The van der Waals surface area contributed by atoms with E-state index in [1.54, 1.807) is 54.6 Å². The van der Waals surface area contributed by atoms with Crippen LogP contribution < -0.4 is 0 Å². The summed E-state index contributed by atoms with van der Waals surface area (Å²) >= 11 is 0. The highest BCUT2D eigenvalue weighted by Gasteiger charge is 2.17. The SMILES string of the molecule is O=Cc1c(F)cccc1-c1ccccc1C(=O)c1ccccc1. The van der Waals surface area contributed by atoms with Crippen LogP contribution in [-0.4, -0.2) is 12.1 Å². The summed E-state index contributed by atoms with van der Waals surface area (Å²) in [6.07, 6.45) is 0.481. The fourth-order valence-corrected chi connectivity index (χ4v) is 2.55. The maximum atomic E-state index is 13.9. The smallest absolute Gasteiger partial charge is 0.193 e. The highest BCUT2D eigenvalue weighted by Crippen LogP contribution is 2.29. The zero-order valence-electron chi connectivity index (χ0n) is 12.2. The van der Waals surface area contributed by atoms with Crippen molar-refractivity contribution in [3.05, 3.63) is 95.3 Å². The van der Waals surface area contributed by atoms with Crippen LogP contribution in [0.2, 0.25) is 0 Å². The lowest BCUT2D eigenvalue weighted by atomic mass is 9.91. The van der Waals surface area contributed by atoms with Crippen molar-refractivity contribution < 1.29 is 14.0 Å². The number of aldehydes is 1. The second kappa shape index (κ2) is 6.36. The maximum absolute atomic E-state index is 13.9. The quantitative estimate of drug-likeness (QED) is 0.524. The van der Waals surface area contributed by atoms with Gasteiger partial charge in [-0.1, -0.05) is 66.7 Å². The maximum Gasteiger partial charge on any atom is 0.193 e. The highest BCUT2D eigenvalue weighted by atomic mass is 19.1. The van der Waals surface area contributed by atoms with Gasteiger partial charge in [0.15, 0.2) is 12.1 Å². The van der Waals surface area contributed by atoms with E-state index < -0.39 is 5.82 Å². The zero-order chi connectivity index (χ0) is 16.2. The third kappa shape index (κ3) is 2.81. The summed E-state index contributed by atoms with van der Waals surface area (Å²) in [4.78, 5) is 24.0. The summed E-state index contributed by atoms with van der Waals surface area (Å²) < 4.78 is 13.9. The van der Waals surface area contributed by atoms with Crippen molar-refractivity contribution in [1.29, 1.82) is 0 Å². The topological polar surface area (TPSA) is 34.1 Å². The molecule has 3 rings (SSSR count). The fourth-order valence-electron chi connectivity index (χ4n) is 2.55. The lowest BCUT2D eigenvalue weighted by Gasteiger charge is -2.11. The lowest BCUT2D eigenvalue weighted by molar-refractivity contribution is 0.103. The van der Waals surface area contributed by atoms with Crippen molar-refractivity contribution in [2.24, 2.45) is 0 Å². The first-order chi connectivity index (χ1) is 11.2. The molecule has 0 aliphatic rings. The minimum absolute atomic E-state index is 0.0409. The lowest BCUT2D eigenvalue weighted by Crippen LogP contribution is -2.04. The molecule has 0 bridgehead atoms. The molecule has 2 nitrogen and oxygen atoms in total. The monoisotopic (exact) mass is 304 g/mol. The van der Waals surface area contributed by atoms with E-state index in [0.29, 0.717) is 28.5 Å². The molecule has 112 valence electrons. The van der Waals surface area contributed by atoms with Gasteiger partial charge in [-0.3, -0.25) is 9.59 Å². The Bertz CT molecular complexity index is 870. The highest BCUT2D eigenvalue weighted by molar-refractivity contribution is 6.13. The van der Waals surface area contributed by atoms with E-state index >= 15 is 0 Å². The van der Waals surface area contributed by atoms with Gasteiger partial charge in [-0.15, -0.1) is 0 Å². The predicted molar refractivity (Wildman–Crippen MR) is 87.1 cm³/mol. The number of hydrogen-bond acceptors (Lipinski definition) is 2. The predicted octanol–water partition coefficient (Wildman–Crippen LogP) is 4.54. The van der Waals surface area contributed by atoms with Gasteiger partial charge < -0.3 is 0 Å². The summed E-state index contributed by atoms with van der Waals surface area (Å²) in [6.45, 7) is 0. The van der Waals surface area contributed by atoms with E-state index in [0.717, 1.165) is 0 Å². The summed E-state index contributed by atoms with van der Waals surface area (Å²) in [5, 5.41) is 0. The number of benzene rings is 3. The molecular weight excluding hydrogens is 291 g/mol. The van der Waals surface area contributed by atoms with Crippen LogP contribution in [0.25, 0.3) is 11.1 Å². The van der Waals surface area contributed by atoms with Crippen molar-refractivity contribution in [2.45, 2.75) is 0 Å². The minimum Gasteiger partial charge on any atom is -0.298 e. The van der Waals surface area contributed by atoms with E-state index in [2.05, 4.69) is 0 Å². The summed E-state index contributed by atoms with van der Waals surface area (Å²) in [6, 6.07) is 20.2. The van der Waals surface area contributed by atoms with Crippen LogP contribution in [0.3, 0.4) is 0 Å². The third-order valence-electron chi connectivity index (χ3n) is 3.67. The van der Waals surface area contributed by atoms with Gasteiger partial charge in [0.25, 0.3) is 0 Å². The molecule has 0 spiro atoms. The van der Waals surface area contributed by atoms with Crippen molar-refractivity contribution in [3.63, 3.8) is 0 Å². The summed E-state index contributed by atoms with van der Waals surface area (Å²) in [5.41, 5.74) is 1.90. The van der Waals surface area contributed by atoms with Crippen molar-refractivity contribution in [3.8, 4) is 11.1 Å². The molecule has 0 radical (unpaired) electrons. The van der Waals surface area contributed by atoms with Gasteiger partial charge in [-0.2, -0.15) is 0 Å². The first kappa shape index (κ1) is 14.9. The first-order valence-electron chi connectivity index (χ1n) is 7.15. The summed E-state index contributed by atoms with van der Waals surface area (Å²) in [7, 11) is 0. The average molecular weight is 304 g/mol. The number of rotatable bonds is 4. The zero-order valence-corrected chi connectivity index (χ0v) is 12.2. The molecule has 0 N–H and O–H groups in total. The van der Waals surface area contributed by atoms with Crippen LogP contribution in [0.15, 0.2) is 72.8 Å². The van der Waals surface area contributed by atoms with Crippen LogP contribution in [0, 0.1) is 5.82 Å².